The molecule has 0 radical (unpaired) electrons. The van der Waals surface area contributed by atoms with Gasteiger partial charge in [0.1, 0.15) is 5.82 Å². The number of aromatic nitrogens is 2. The van der Waals surface area contributed by atoms with Crippen molar-refractivity contribution in [1.29, 1.82) is 0 Å². The van der Waals surface area contributed by atoms with Gasteiger partial charge in [-0.25, -0.2) is 4.98 Å². The number of alkyl halides is 3. The van der Waals surface area contributed by atoms with E-state index in [0.29, 0.717) is 23.4 Å². The first-order valence-electron chi connectivity index (χ1n) is 14.1. The molecule has 1 atom stereocenters. The van der Waals surface area contributed by atoms with Crippen molar-refractivity contribution in [1.82, 2.24) is 25.9 Å². The summed E-state index contributed by atoms with van der Waals surface area (Å²) in [7, 11) is 1.56. The van der Waals surface area contributed by atoms with Crippen molar-refractivity contribution in [2.45, 2.75) is 24.6 Å². The monoisotopic (exact) mass is 639 g/mol. The quantitative estimate of drug-likeness (QED) is 0.215. The molecule has 2 aromatic heterocycles. The lowest BCUT2D eigenvalue weighted by atomic mass is 9.74. The van der Waals surface area contributed by atoms with Gasteiger partial charge in [-0.05, 0) is 67.9 Å². The van der Waals surface area contributed by atoms with Crippen LogP contribution in [0, 0.1) is 0 Å². The average molecular weight is 640 g/mol. The Morgan fingerprint density at radius 3 is 2.43 bits per heavy atom. The van der Waals surface area contributed by atoms with Gasteiger partial charge in [-0.15, -0.1) is 13.2 Å². The van der Waals surface area contributed by atoms with E-state index < -0.39 is 23.9 Å². The molecule has 1 unspecified atom stereocenters. The number of hydrogen-bond acceptors (Lipinski definition) is 7. The highest BCUT2D eigenvalue weighted by Gasteiger charge is 2.42. The minimum atomic E-state index is -5.01. The van der Waals surface area contributed by atoms with E-state index in [1.165, 1.54) is 12.3 Å². The second kappa shape index (κ2) is 14.1. The van der Waals surface area contributed by atoms with E-state index in [-0.39, 0.29) is 34.3 Å². The molecule has 2 aliphatic heterocycles. The fourth-order valence-electron chi connectivity index (χ4n) is 5.10. The molecular formula is C31H32F3N7O5. The SMILES string of the molecule is C=CC(=O)NC.C=CC(=O)Nc1cc(C(=O)Nc2cc(-c3cc4c([nH]3)C3(CCCNC3)CNC4=O)ccn2)ccc1OC(F)(F)F. The zero-order chi connectivity index (χ0) is 33.5. The second-order valence-electron chi connectivity index (χ2n) is 10.4. The van der Waals surface area contributed by atoms with Gasteiger partial charge in [-0.3, -0.25) is 19.2 Å². The number of anilines is 2. The lowest BCUT2D eigenvalue weighted by Crippen LogP contribution is -2.54. The van der Waals surface area contributed by atoms with Crippen LogP contribution in [0.4, 0.5) is 24.7 Å². The highest BCUT2D eigenvalue weighted by Crippen LogP contribution is 2.38. The fourth-order valence-corrected chi connectivity index (χ4v) is 5.10. The Balaban J connectivity index is 0.000000731. The lowest BCUT2D eigenvalue weighted by Gasteiger charge is -2.40. The van der Waals surface area contributed by atoms with Gasteiger partial charge in [0.15, 0.2) is 5.75 Å². The number of amides is 4. The molecule has 1 saturated heterocycles. The van der Waals surface area contributed by atoms with E-state index in [4.69, 9.17) is 0 Å². The normalized spacial score (nSPS) is 16.9. The maximum Gasteiger partial charge on any atom is 0.573 e. The van der Waals surface area contributed by atoms with E-state index in [0.717, 1.165) is 55.9 Å². The number of carbonyl (C=O) groups is 4. The summed E-state index contributed by atoms with van der Waals surface area (Å²) < 4.78 is 42.3. The van der Waals surface area contributed by atoms with Crippen molar-refractivity contribution < 1.29 is 37.1 Å². The molecule has 1 fully saturated rings. The number of nitrogens with one attached hydrogen (secondary N) is 6. The Morgan fingerprint density at radius 2 is 1.80 bits per heavy atom. The zero-order valence-corrected chi connectivity index (χ0v) is 24.8. The second-order valence-corrected chi connectivity index (χ2v) is 10.4. The number of carbonyl (C=O) groups excluding carboxylic acids is 4. The van der Waals surface area contributed by atoms with Crippen molar-refractivity contribution in [3.63, 3.8) is 0 Å². The van der Waals surface area contributed by atoms with Gasteiger partial charge in [-0.2, -0.15) is 0 Å². The average Bonchev–Trinajstić information content (AvgIpc) is 3.51. The Labute approximate surface area is 261 Å². The summed E-state index contributed by atoms with van der Waals surface area (Å²) in [6.45, 7) is 8.68. The predicted octanol–water partition coefficient (Wildman–Crippen LogP) is 3.64. The summed E-state index contributed by atoms with van der Waals surface area (Å²) in [5.74, 6) is -2.30. The Hall–Kier alpha value is -5.44. The number of hydrogen-bond donors (Lipinski definition) is 6. The third-order valence-corrected chi connectivity index (χ3v) is 7.31. The molecule has 4 heterocycles. The minimum Gasteiger partial charge on any atom is -0.404 e. The summed E-state index contributed by atoms with van der Waals surface area (Å²) in [5, 5.41) is 13.6. The van der Waals surface area contributed by atoms with E-state index in [1.54, 1.807) is 25.2 Å². The molecule has 2 aliphatic rings. The van der Waals surface area contributed by atoms with Crippen molar-refractivity contribution in [2.24, 2.45) is 0 Å². The number of piperidine rings is 1. The Morgan fingerprint density at radius 1 is 1.04 bits per heavy atom. The maximum absolute atomic E-state index is 13.0. The molecule has 15 heteroatoms. The van der Waals surface area contributed by atoms with Crippen molar-refractivity contribution in [3.05, 3.63) is 84.7 Å². The van der Waals surface area contributed by atoms with Gasteiger partial charge >= 0.3 is 6.36 Å². The smallest absolute Gasteiger partial charge is 0.404 e. The van der Waals surface area contributed by atoms with Gasteiger partial charge < -0.3 is 36.3 Å². The molecule has 0 aliphatic carbocycles. The van der Waals surface area contributed by atoms with E-state index in [1.807, 2.05) is 0 Å². The van der Waals surface area contributed by atoms with Gasteiger partial charge in [0.05, 0.1) is 11.3 Å². The Kier molecular flexibility index (Phi) is 10.3. The molecule has 242 valence electrons. The predicted molar refractivity (Wildman–Crippen MR) is 164 cm³/mol. The van der Waals surface area contributed by atoms with Crippen LogP contribution >= 0.6 is 0 Å². The van der Waals surface area contributed by atoms with Gasteiger partial charge in [0.25, 0.3) is 11.8 Å². The minimum absolute atomic E-state index is 0.0557. The molecule has 46 heavy (non-hydrogen) atoms. The number of pyridine rings is 1. The van der Waals surface area contributed by atoms with Crippen LogP contribution in [0.5, 0.6) is 5.75 Å². The number of ether oxygens (including phenoxy) is 1. The zero-order valence-electron chi connectivity index (χ0n) is 24.8. The van der Waals surface area contributed by atoms with Crippen LogP contribution in [-0.4, -0.2) is 66.6 Å². The van der Waals surface area contributed by atoms with Gasteiger partial charge in [0.2, 0.25) is 11.8 Å². The molecule has 5 rings (SSSR count). The number of halogens is 3. The first-order chi connectivity index (χ1) is 21.9. The Bertz CT molecular complexity index is 1660. The molecule has 12 nitrogen and oxygen atoms in total. The number of H-pyrrole nitrogens is 1. The first kappa shape index (κ1) is 33.5. The van der Waals surface area contributed by atoms with Crippen LogP contribution in [0.2, 0.25) is 0 Å². The standard InChI is InChI=1S/C27H25F3N6O4.C4H7NO/c1-2-22(37)34-19-10-16(4-5-20(19)40-27(28,29)30)24(38)36-21-11-15(6-9-32-21)18-12-17-23(35-18)26(14-33-25(17)39)7-3-8-31-13-26;1-3-4(6)5-2/h2,4-6,9-12,31,35H,1,3,7-8,13-14H2,(H,33,39)(H,34,37)(H,32,36,38);3H,1H2,2H3,(H,5,6). The molecule has 6 N–H and O–H groups in total. The fraction of sp³-hybridized carbons (Fsp3) is 0.258. The molecule has 1 spiro atoms. The maximum atomic E-state index is 13.0. The highest BCUT2D eigenvalue weighted by atomic mass is 19.4. The number of aromatic amines is 1. The summed E-state index contributed by atoms with van der Waals surface area (Å²) in [6, 6.07) is 8.21. The van der Waals surface area contributed by atoms with Crippen molar-refractivity contribution in [3.8, 4) is 17.0 Å². The largest absolute Gasteiger partial charge is 0.573 e. The number of benzene rings is 1. The third kappa shape index (κ3) is 7.98. The van der Waals surface area contributed by atoms with E-state index in [9.17, 15) is 32.3 Å². The third-order valence-electron chi connectivity index (χ3n) is 7.31. The summed E-state index contributed by atoms with van der Waals surface area (Å²) in [5.41, 5.74) is 2.13. The molecule has 4 amide bonds. The highest BCUT2D eigenvalue weighted by molar-refractivity contribution is 6.06. The first-order valence-corrected chi connectivity index (χ1v) is 14.1. The van der Waals surface area contributed by atoms with E-state index in [2.05, 4.69) is 54.4 Å². The van der Waals surface area contributed by atoms with Crippen LogP contribution in [0.25, 0.3) is 11.3 Å². The van der Waals surface area contributed by atoms with Crippen LogP contribution in [-0.2, 0) is 15.0 Å². The summed E-state index contributed by atoms with van der Waals surface area (Å²) in [4.78, 5) is 54.8. The van der Waals surface area contributed by atoms with Crippen LogP contribution in [0.1, 0.15) is 39.3 Å². The molecule has 1 aromatic carbocycles. The summed E-state index contributed by atoms with van der Waals surface area (Å²) >= 11 is 0. The number of rotatable bonds is 7. The van der Waals surface area contributed by atoms with E-state index >= 15 is 0 Å². The topological polar surface area (TPSA) is 166 Å². The molecular weight excluding hydrogens is 607 g/mol. The van der Waals surface area contributed by atoms with Crippen molar-refractivity contribution in [2.75, 3.05) is 37.3 Å². The molecule has 0 bridgehead atoms. The van der Waals surface area contributed by atoms with Gasteiger partial charge in [0, 0.05) is 54.3 Å². The van der Waals surface area contributed by atoms with Crippen LogP contribution in [0.15, 0.2) is 67.9 Å². The number of likely N-dealkylation sites (N-methyl/N-ethyl adjacent to an activating group) is 1. The lowest BCUT2D eigenvalue weighted by molar-refractivity contribution is -0.274. The molecule has 3 aromatic rings. The number of fused-ring (bicyclic) bond motifs is 2. The molecule has 0 saturated carbocycles. The van der Waals surface area contributed by atoms with Crippen molar-refractivity contribution >= 4 is 35.1 Å². The van der Waals surface area contributed by atoms with Crippen LogP contribution in [0.3, 0.4) is 0 Å². The van der Waals surface area contributed by atoms with Gasteiger partial charge in [-0.1, -0.05) is 13.2 Å². The summed E-state index contributed by atoms with van der Waals surface area (Å²) in [6.07, 6.45) is 0.476. The van der Waals surface area contributed by atoms with Crippen LogP contribution < -0.4 is 31.3 Å². The number of nitrogens with zero attached hydrogens (tertiary/aromatic N) is 1.